The van der Waals surface area contributed by atoms with Gasteiger partial charge in [0.1, 0.15) is 11.6 Å². The molecular weight excluding hydrogens is 341 g/mol. The summed E-state index contributed by atoms with van der Waals surface area (Å²) >= 11 is 0. The fraction of sp³-hybridized carbons (Fsp3) is 0.545. The molecule has 2 aliphatic rings. The molecule has 0 spiro atoms. The number of likely N-dealkylation sites (tertiary alicyclic amines) is 1. The highest BCUT2D eigenvalue weighted by Gasteiger charge is 2.20. The molecule has 1 N–H and O–H groups in total. The lowest BCUT2D eigenvalue weighted by molar-refractivity contribution is 0.210. The van der Waals surface area contributed by atoms with E-state index in [9.17, 15) is 9.18 Å². The summed E-state index contributed by atoms with van der Waals surface area (Å²) in [6.07, 6.45) is 8.17. The number of hydrogen-bond donors (Lipinski definition) is 1. The van der Waals surface area contributed by atoms with Gasteiger partial charge < -0.3 is 9.88 Å². The van der Waals surface area contributed by atoms with E-state index in [1.165, 1.54) is 5.56 Å². The molecule has 4 nitrogen and oxygen atoms in total. The Labute approximate surface area is 159 Å². The van der Waals surface area contributed by atoms with E-state index in [1.54, 1.807) is 12.1 Å². The molecule has 2 heterocycles. The number of rotatable bonds is 5. The van der Waals surface area contributed by atoms with Crippen molar-refractivity contribution < 1.29 is 4.39 Å². The van der Waals surface area contributed by atoms with Crippen LogP contribution in [0.4, 0.5) is 4.39 Å². The van der Waals surface area contributed by atoms with Crippen LogP contribution in [0.5, 0.6) is 0 Å². The number of nitrogens with zero attached hydrogens (tertiary/aromatic N) is 2. The van der Waals surface area contributed by atoms with Gasteiger partial charge >= 0.3 is 0 Å². The maximum absolute atomic E-state index is 13.1. The van der Waals surface area contributed by atoms with Gasteiger partial charge in [-0.2, -0.15) is 0 Å². The summed E-state index contributed by atoms with van der Waals surface area (Å²) in [5.74, 6) is 1.23. The number of halogens is 1. The SMILES string of the molecule is O=c1[nH]c(CCCN2CCC(c3ccc(F)cc3)CC2)nc2c1CCCC2. The number of hydrogen-bond acceptors (Lipinski definition) is 3. The minimum Gasteiger partial charge on any atom is -0.310 e. The molecule has 27 heavy (non-hydrogen) atoms. The molecule has 1 fully saturated rings. The Balaban J connectivity index is 1.25. The van der Waals surface area contributed by atoms with Crippen LogP contribution in [0.1, 0.15) is 60.7 Å². The van der Waals surface area contributed by atoms with E-state index in [2.05, 4.69) is 9.88 Å². The van der Waals surface area contributed by atoms with Crippen molar-refractivity contribution in [2.45, 2.75) is 57.3 Å². The zero-order chi connectivity index (χ0) is 18.6. The van der Waals surface area contributed by atoms with Gasteiger partial charge in [-0.25, -0.2) is 9.37 Å². The molecule has 1 aromatic carbocycles. The number of aromatic amines is 1. The molecule has 0 saturated carbocycles. The summed E-state index contributed by atoms with van der Waals surface area (Å²) < 4.78 is 13.1. The molecule has 0 bridgehead atoms. The van der Waals surface area contributed by atoms with Crippen molar-refractivity contribution in [3.63, 3.8) is 0 Å². The molecule has 0 radical (unpaired) electrons. The van der Waals surface area contributed by atoms with Crippen molar-refractivity contribution in [1.82, 2.24) is 14.9 Å². The second kappa shape index (κ2) is 8.34. The average Bonchev–Trinajstić information content (AvgIpc) is 2.69. The van der Waals surface area contributed by atoms with Gasteiger partial charge in [0.2, 0.25) is 0 Å². The second-order valence-corrected chi connectivity index (χ2v) is 7.92. The van der Waals surface area contributed by atoms with Crippen LogP contribution in [0.25, 0.3) is 0 Å². The first kappa shape index (κ1) is 18.4. The standard InChI is InChI=1S/C22H28FN3O/c23-18-9-7-16(8-10-18)17-11-14-26(15-12-17)13-3-6-21-24-20-5-2-1-4-19(20)22(27)25-21/h7-10,17H,1-6,11-15H2,(H,24,25,27). The van der Waals surface area contributed by atoms with Gasteiger partial charge in [-0.1, -0.05) is 12.1 Å². The molecule has 5 heteroatoms. The highest BCUT2D eigenvalue weighted by Crippen LogP contribution is 2.28. The maximum atomic E-state index is 13.1. The normalized spacial score (nSPS) is 18.4. The minimum absolute atomic E-state index is 0.0785. The molecule has 0 atom stereocenters. The first-order valence-electron chi connectivity index (χ1n) is 10.3. The lowest BCUT2D eigenvalue weighted by Gasteiger charge is -2.32. The van der Waals surface area contributed by atoms with Gasteiger partial charge in [0.05, 0.1) is 5.69 Å². The first-order valence-corrected chi connectivity index (χ1v) is 10.3. The summed E-state index contributed by atoms with van der Waals surface area (Å²) in [6, 6.07) is 6.98. The van der Waals surface area contributed by atoms with Crippen LogP contribution in [0.15, 0.2) is 29.1 Å². The van der Waals surface area contributed by atoms with Gasteiger partial charge in [0.25, 0.3) is 5.56 Å². The lowest BCUT2D eigenvalue weighted by Crippen LogP contribution is -2.34. The van der Waals surface area contributed by atoms with E-state index in [1.807, 2.05) is 12.1 Å². The summed E-state index contributed by atoms with van der Waals surface area (Å²) in [6.45, 7) is 3.20. The summed E-state index contributed by atoms with van der Waals surface area (Å²) in [5.41, 5.74) is 3.27. The van der Waals surface area contributed by atoms with Gasteiger partial charge in [-0.15, -0.1) is 0 Å². The minimum atomic E-state index is -0.162. The number of H-pyrrole nitrogens is 1. The highest BCUT2D eigenvalue weighted by molar-refractivity contribution is 5.21. The van der Waals surface area contributed by atoms with E-state index >= 15 is 0 Å². The van der Waals surface area contributed by atoms with Crippen molar-refractivity contribution in [1.29, 1.82) is 0 Å². The number of piperidine rings is 1. The summed E-state index contributed by atoms with van der Waals surface area (Å²) in [5, 5.41) is 0. The van der Waals surface area contributed by atoms with Crippen molar-refractivity contribution in [2.24, 2.45) is 0 Å². The molecule has 1 aromatic heterocycles. The smallest absolute Gasteiger partial charge is 0.254 e. The fourth-order valence-electron chi connectivity index (χ4n) is 4.47. The predicted molar refractivity (Wildman–Crippen MR) is 105 cm³/mol. The fourth-order valence-corrected chi connectivity index (χ4v) is 4.47. The molecule has 2 aromatic rings. The van der Waals surface area contributed by atoms with E-state index in [-0.39, 0.29) is 11.4 Å². The Morgan fingerprint density at radius 1 is 1.11 bits per heavy atom. The molecule has 1 aliphatic heterocycles. The Morgan fingerprint density at radius 3 is 2.63 bits per heavy atom. The van der Waals surface area contributed by atoms with Crippen LogP contribution in [-0.4, -0.2) is 34.5 Å². The zero-order valence-corrected chi connectivity index (χ0v) is 15.8. The third kappa shape index (κ3) is 4.46. The Bertz CT molecular complexity index is 822. The monoisotopic (exact) mass is 369 g/mol. The Kier molecular flexibility index (Phi) is 5.67. The summed E-state index contributed by atoms with van der Waals surface area (Å²) in [7, 11) is 0. The second-order valence-electron chi connectivity index (χ2n) is 7.92. The number of nitrogens with one attached hydrogen (secondary N) is 1. The van der Waals surface area contributed by atoms with Gasteiger partial charge in [0, 0.05) is 12.0 Å². The lowest BCUT2D eigenvalue weighted by atomic mass is 9.89. The van der Waals surface area contributed by atoms with E-state index in [0.29, 0.717) is 5.92 Å². The van der Waals surface area contributed by atoms with E-state index in [0.717, 1.165) is 88.1 Å². The predicted octanol–water partition coefficient (Wildman–Crippen LogP) is 3.60. The van der Waals surface area contributed by atoms with Gasteiger partial charge in [-0.3, -0.25) is 4.79 Å². The molecule has 1 saturated heterocycles. The quantitative estimate of drug-likeness (QED) is 0.876. The average molecular weight is 369 g/mol. The number of aromatic nitrogens is 2. The van der Waals surface area contributed by atoms with Crippen LogP contribution in [-0.2, 0) is 19.3 Å². The number of aryl methyl sites for hydroxylation is 2. The largest absolute Gasteiger partial charge is 0.310 e. The summed E-state index contributed by atoms with van der Waals surface area (Å²) in [4.78, 5) is 22.4. The topological polar surface area (TPSA) is 49.0 Å². The van der Waals surface area contributed by atoms with Crippen molar-refractivity contribution >= 4 is 0 Å². The van der Waals surface area contributed by atoms with Crippen molar-refractivity contribution in [3.8, 4) is 0 Å². The Hall–Kier alpha value is -2.01. The van der Waals surface area contributed by atoms with Crippen LogP contribution in [0.3, 0.4) is 0 Å². The van der Waals surface area contributed by atoms with Crippen LogP contribution < -0.4 is 5.56 Å². The molecule has 4 rings (SSSR count). The molecule has 1 aliphatic carbocycles. The maximum Gasteiger partial charge on any atom is 0.254 e. The van der Waals surface area contributed by atoms with Crippen molar-refractivity contribution in [3.05, 3.63) is 63.1 Å². The number of benzene rings is 1. The zero-order valence-electron chi connectivity index (χ0n) is 15.8. The number of fused-ring (bicyclic) bond motifs is 1. The molecule has 144 valence electrons. The van der Waals surface area contributed by atoms with Crippen LogP contribution in [0, 0.1) is 5.82 Å². The third-order valence-corrected chi connectivity index (χ3v) is 6.06. The Morgan fingerprint density at radius 2 is 1.85 bits per heavy atom. The molecule has 0 unspecified atom stereocenters. The first-order chi connectivity index (χ1) is 13.2. The van der Waals surface area contributed by atoms with E-state index in [4.69, 9.17) is 4.98 Å². The van der Waals surface area contributed by atoms with Crippen molar-refractivity contribution in [2.75, 3.05) is 19.6 Å². The van der Waals surface area contributed by atoms with Crippen LogP contribution >= 0.6 is 0 Å². The molecular formula is C22H28FN3O. The van der Waals surface area contributed by atoms with Gasteiger partial charge in [-0.05, 0) is 88.2 Å². The van der Waals surface area contributed by atoms with Gasteiger partial charge in [0.15, 0.2) is 0 Å². The highest BCUT2D eigenvalue weighted by atomic mass is 19.1. The third-order valence-electron chi connectivity index (χ3n) is 6.06. The van der Waals surface area contributed by atoms with Crippen LogP contribution in [0.2, 0.25) is 0 Å². The van der Waals surface area contributed by atoms with E-state index < -0.39 is 0 Å². The molecule has 0 amide bonds.